The summed E-state index contributed by atoms with van der Waals surface area (Å²) in [6, 6.07) is 2.43. The third-order valence-electron chi connectivity index (χ3n) is 4.30. The zero-order valence-electron chi connectivity index (χ0n) is 17.0. The number of carbonyl (C=O) groups is 2. The van der Waals surface area contributed by atoms with E-state index in [1.807, 2.05) is 0 Å². The number of benzene rings is 1. The van der Waals surface area contributed by atoms with E-state index >= 15 is 0 Å². The number of amides is 1. The van der Waals surface area contributed by atoms with E-state index in [4.69, 9.17) is 20.4 Å². The fourth-order valence-corrected chi connectivity index (χ4v) is 3.01. The van der Waals surface area contributed by atoms with Crippen LogP contribution in [0, 0.1) is 0 Å². The SMILES string of the molecule is COC(C)(C)C(N)C(=O)NS(=O)(=O)c1ccc(C2(C(F)(F)F)N=N2)cc1.O=C(O)C(F)(F)F. The maximum atomic E-state index is 12.9. The van der Waals surface area contributed by atoms with Crippen molar-refractivity contribution in [2.45, 2.75) is 48.4 Å². The number of halogens is 6. The van der Waals surface area contributed by atoms with Crippen molar-refractivity contribution in [1.29, 1.82) is 0 Å². The highest BCUT2D eigenvalue weighted by Crippen LogP contribution is 2.52. The summed E-state index contributed by atoms with van der Waals surface area (Å²) < 4.78 is 102. The maximum Gasteiger partial charge on any atom is 0.490 e. The Morgan fingerprint density at radius 3 is 1.82 bits per heavy atom. The van der Waals surface area contributed by atoms with Gasteiger partial charge in [-0.3, -0.25) is 4.79 Å². The van der Waals surface area contributed by atoms with E-state index in [9.17, 15) is 39.6 Å². The number of nitrogens with zero attached hydrogens (tertiary/aromatic N) is 2. The third kappa shape index (κ3) is 6.61. The number of nitrogens with two attached hydrogens (primary N) is 1. The minimum absolute atomic E-state index is 0.326. The monoisotopic (exact) mass is 508 g/mol. The molecule has 1 amide bonds. The Morgan fingerprint density at radius 1 is 1.09 bits per heavy atom. The van der Waals surface area contributed by atoms with Crippen LogP contribution in [0.3, 0.4) is 0 Å². The van der Waals surface area contributed by atoms with Gasteiger partial charge in [-0.1, -0.05) is 12.1 Å². The van der Waals surface area contributed by atoms with Crippen molar-refractivity contribution in [3.63, 3.8) is 0 Å². The van der Waals surface area contributed by atoms with Gasteiger partial charge in [-0.2, -0.15) is 26.3 Å². The maximum absolute atomic E-state index is 12.9. The second-order valence-corrected chi connectivity index (χ2v) is 8.63. The molecular formula is C16H18F6N4O6S. The summed E-state index contributed by atoms with van der Waals surface area (Å²) in [5.41, 5.74) is 1.57. The van der Waals surface area contributed by atoms with Crippen molar-refractivity contribution in [3.05, 3.63) is 29.8 Å². The van der Waals surface area contributed by atoms with Gasteiger partial charge in [-0.15, -0.1) is 10.2 Å². The van der Waals surface area contributed by atoms with Crippen molar-refractivity contribution in [1.82, 2.24) is 4.72 Å². The van der Waals surface area contributed by atoms with Gasteiger partial charge in [-0.25, -0.2) is 17.9 Å². The molecule has 1 unspecified atom stereocenters. The largest absolute Gasteiger partial charge is 0.490 e. The number of carboxylic acids is 1. The Bertz CT molecular complexity index is 1020. The summed E-state index contributed by atoms with van der Waals surface area (Å²) in [6.07, 6.45) is -9.81. The minimum Gasteiger partial charge on any atom is -0.475 e. The Balaban J connectivity index is 0.000000675. The fourth-order valence-electron chi connectivity index (χ4n) is 2.01. The zero-order chi connectivity index (χ0) is 26.0. The van der Waals surface area contributed by atoms with Gasteiger partial charge < -0.3 is 15.6 Å². The highest BCUT2D eigenvalue weighted by atomic mass is 32.2. The van der Waals surface area contributed by atoms with Crippen LogP contribution in [-0.4, -0.2) is 56.5 Å². The predicted octanol–water partition coefficient (Wildman–Crippen LogP) is 2.06. The van der Waals surface area contributed by atoms with Crippen molar-refractivity contribution in [2.24, 2.45) is 16.0 Å². The van der Waals surface area contributed by atoms with E-state index in [1.165, 1.54) is 21.0 Å². The van der Waals surface area contributed by atoms with Crippen molar-refractivity contribution >= 4 is 21.9 Å². The van der Waals surface area contributed by atoms with Gasteiger partial charge in [0, 0.05) is 12.7 Å². The number of hydrogen-bond acceptors (Lipinski definition) is 8. The topological polar surface area (TPSA) is 161 Å². The van der Waals surface area contributed by atoms with Gasteiger partial charge in [-0.05, 0) is 26.0 Å². The number of rotatable bonds is 6. The zero-order valence-corrected chi connectivity index (χ0v) is 17.8. The van der Waals surface area contributed by atoms with E-state index in [0.29, 0.717) is 0 Å². The van der Waals surface area contributed by atoms with Crippen LogP contribution < -0.4 is 10.5 Å². The normalized spacial score (nSPS) is 16.3. The van der Waals surface area contributed by atoms with Crippen LogP contribution >= 0.6 is 0 Å². The van der Waals surface area contributed by atoms with Crippen LogP contribution in [0.2, 0.25) is 0 Å². The molecule has 1 heterocycles. The highest BCUT2D eigenvalue weighted by molar-refractivity contribution is 7.90. The molecule has 0 aliphatic carbocycles. The lowest BCUT2D eigenvalue weighted by molar-refractivity contribution is -0.192. The molecule has 33 heavy (non-hydrogen) atoms. The van der Waals surface area contributed by atoms with Gasteiger partial charge >= 0.3 is 24.0 Å². The van der Waals surface area contributed by atoms with E-state index in [2.05, 4.69) is 10.2 Å². The molecule has 0 saturated heterocycles. The van der Waals surface area contributed by atoms with Crippen LogP contribution in [0.1, 0.15) is 19.4 Å². The highest BCUT2D eigenvalue weighted by Gasteiger charge is 2.65. The molecule has 4 N–H and O–H groups in total. The van der Waals surface area contributed by atoms with Crippen molar-refractivity contribution in [2.75, 3.05) is 7.11 Å². The molecule has 1 aromatic rings. The minimum atomic E-state index is -5.08. The van der Waals surface area contributed by atoms with E-state index < -0.39 is 56.5 Å². The number of methoxy groups -OCH3 is 1. The number of hydrogen-bond donors (Lipinski definition) is 3. The van der Waals surface area contributed by atoms with E-state index in [-0.39, 0.29) is 5.56 Å². The van der Waals surface area contributed by atoms with Crippen LogP contribution in [0.5, 0.6) is 0 Å². The van der Waals surface area contributed by atoms with Gasteiger partial charge in [0.05, 0.1) is 10.5 Å². The molecule has 1 aromatic carbocycles. The summed E-state index contributed by atoms with van der Waals surface area (Å²) in [5.74, 6) is -3.77. The number of sulfonamides is 1. The van der Waals surface area contributed by atoms with E-state index in [1.54, 1.807) is 4.72 Å². The van der Waals surface area contributed by atoms with Gasteiger partial charge in [0.1, 0.15) is 6.04 Å². The van der Waals surface area contributed by atoms with Crippen LogP contribution in [0.4, 0.5) is 26.3 Å². The average Bonchev–Trinajstić information content (AvgIpc) is 3.49. The fraction of sp³-hybridized carbons (Fsp3) is 0.500. The van der Waals surface area contributed by atoms with E-state index in [0.717, 1.165) is 24.3 Å². The summed E-state index contributed by atoms with van der Waals surface area (Å²) in [6.45, 7) is 3.00. The number of alkyl halides is 6. The standard InChI is InChI=1S/C14H17F3N4O4S.C2HF3O2/c1-12(2,25-3)10(18)11(22)19-26(23,24)9-6-4-8(5-7-9)13(20-21-13)14(15,16)17;3-2(4,5)1(6)7/h4-7,10H,18H2,1-3H3,(H,19,22);(H,6,7). The van der Waals surface area contributed by atoms with Crippen LogP contribution in [0.25, 0.3) is 0 Å². The summed E-state index contributed by atoms with van der Waals surface area (Å²) in [4.78, 5) is 20.5. The number of aliphatic carboxylic acids is 1. The Morgan fingerprint density at radius 2 is 1.52 bits per heavy atom. The van der Waals surface area contributed by atoms with Crippen molar-refractivity contribution in [3.8, 4) is 0 Å². The summed E-state index contributed by atoms with van der Waals surface area (Å²) in [5, 5.41) is 13.2. The van der Waals surface area contributed by atoms with Gasteiger partial charge in [0.2, 0.25) is 0 Å². The van der Waals surface area contributed by atoms with Crippen LogP contribution in [-0.2, 0) is 30.0 Å². The second kappa shape index (κ2) is 9.22. The number of carboxylic acid groups (broad SMARTS) is 1. The molecule has 0 saturated carbocycles. The predicted molar refractivity (Wildman–Crippen MR) is 97.1 cm³/mol. The molecule has 0 fully saturated rings. The summed E-state index contributed by atoms with van der Waals surface area (Å²) >= 11 is 0. The first kappa shape index (κ1) is 28.2. The molecular weight excluding hydrogens is 490 g/mol. The molecule has 1 aliphatic heterocycles. The molecule has 1 aliphatic rings. The third-order valence-corrected chi connectivity index (χ3v) is 5.66. The lowest BCUT2D eigenvalue weighted by Crippen LogP contribution is -2.55. The van der Waals surface area contributed by atoms with Crippen molar-refractivity contribution < 1.29 is 54.2 Å². The molecule has 0 bridgehead atoms. The van der Waals surface area contributed by atoms with Gasteiger partial charge in [0.25, 0.3) is 15.9 Å². The molecule has 17 heteroatoms. The lowest BCUT2D eigenvalue weighted by atomic mass is 9.99. The number of nitrogens with one attached hydrogen (secondary N) is 1. The molecule has 186 valence electrons. The smallest absolute Gasteiger partial charge is 0.475 e. The van der Waals surface area contributed by atoms with Gasteiger partial charge in [0.15, 0.2) is 0 Å². The summed E-state index contributed by atoms with van der Waals surface area (Å²) in [7, 11) is -3.02. The first-order valence-electron chi connectivity index (χ1n) is 8.50. The quantitative estimate of drug-likeness (QED) is 0.496. The van der Waals surface area contributed by atoms with Crippen LogP contribution in [0.15, 0.2) is 39.4 Å². The first-order chi connectivity index (χ1) is 14.7. The molecule has 1 atom stereocenters. The second-order valence-electron chi connectivity index (χ2n) is 6.95. The number of ether oxygens (including phenoxy) is 1. The Kier molecular flexibility index (Phi) is 7.89. The Hall–Kier alpha value is -2.79. The lowest BCUT2D eigenvalue weighted by Gasteiger charge is -2.28. The molecule has 10 nitrogen and oxygen atoms in total. The first-order valence-corrected chi connectivity index (χ1v) is 9.98. The molecule has 0 radical (unpaired) electrons. The average molecular weight is 508 g/mol. The number of carbonyl (C=O) groups excluding carboxylic acids is 1. The molecule has 2 rings (SSSR count). The Labute approximate surface area is 182 Å². The molecule has 0 spiro atoms. The molecule has 0 aromatic heterocycles.